The maximum Gasteiger partial charge on any atom is 0.416 e. The topological polar surface area (TPSA) is 123 Å². The van der Waals surface area contributed by atoms with Crippen molar-refractivity contribution in [2.45, 2.75) is 32.2 Å². The number of hydrogen-bond donors (Lipinski definition) is 1. The van der Waals surface area contributed by atoms with E-state index in [0.29, 0.717) is 19.0 Å². The Bertz CT molecular complexity index is 1120. The lowest BCUT2D eigenvalue weighted by Crippen LogP contribution is -2.59. The summed E-state index contributed by atoms with van der Waals surface area (Å²) in [5.41, 5.74) is -1.04. The Hall–Kier alpha value is -2.07. The maximum absolute atomic E-state index is 13.3. The lowest BCUT2D eigenvalue weighted by molar-refractivity contribution is -0.145. The van der Waals surface area contributed by atoms with Gasteiger partial charge in [-0.05, 0) is 26.0 Å². The van der Waals surface area contributed by atoms with Gasteiger partial charge in [0.1, 0.15) is 11.9 Å². The number of carbonyl (C=O) groups excluding carboxylic acids is 2. The van der Waals surface area contributed by atoms with Gasteiger partial charge in [-0.1, -0.05) is 6.07 Å². The Morgan fingerprint density at radius 3 is 2.47 bits per heavy atom. The number of nitrogens with one attached hydrogen (secondary N) is 1. The zero-order chi connectivity index (χ0) is 28.0. The lowest BCUT2D eigenvalue weighted by Gasteiger charge is -2.40. The first kappa shape index (κ1) is 34.0. The Labute approximate surface area is 237 Å². The van der Waals surface area contributed by atoms with E-state index < -0.39 is 39.9 Å². The third-order valence-electron chi connectivity index (χ3n) is 5.95. The minimum absolute atomic E-state index is 0. The fourth-order valence-electron chi connectivity index (χ4n) is 3.50. The van der Waals surface area contributed by atoms with E-state index in [1.807, 2.05) is 13.0 Å². The van der Waals surface area contributed by atoms with Gasteiger partial charge in [0.2, 0.25) is 6.41 Å². The van der Waals surface area contributed by atoms with Crippen LogP contribution in [0.5, 0.6) is 0 Å². The van der Waals surface area contributed by atoms with Crippen molar-refractivity contribution in [1.29, 1.82) is 5.26 Å². The van der Waals surface area contributed by atoms with Crippen LogP contribution in [-0.4, -0.2) is 86.7 Å². The molecule has 0 aromatic heterocycles. The number of amides is 2. The fourth-order valence-corrected chi connectivity index (χ4v) is 5.20. The van der Waals surface area contributed by atoms with E-state index in [9.17, 15) is 35.6 Å². The van der Waals surface area contributed by atoms with E-state index in [1.54, 1.807) is 7.05 Å². The van der Waals surface area contributed by atoms with Gasteiger partial charge >= 0.3 is 6.18 Å². The fraction of sp³-hybridized carbons (Fsp3) is 0.591. The molecule has 10 nitrogen and oxygen atoms in total. The Balaban J connectivity index is 0.000000729. The normalized spacial score (nSPS) is 19.5. The van der Waals surface area contributed by atoms with E-state index in [1.165, 1.54) is 20.4 Å². The summed E-state index contributed by atoms with van der Waals surface area (Å²) in [4.78, 5) is 23.7. The molecule has 0 aliphatic carbocycles. The monoisotopic (exact) mass is 681 g/mol. The van der Waals surface area contributed by atoms with Crippen LogP contribution in [0, 0.1) is 23.1 Å². The number of benzene rings is 1. The highest BCUT2D eigenvalue weighted by Gasteiger charge is 2.42. The van der Waals surface area contributed by atoms with E-state index in [2.05, 4.69) is 5.32 Å². The highest BCUT2D eigenvalue weighted by Crippen LogP contribution is 2.31. The summed E-state index contributed by atoms with van der Waals surface area (Å²) in [6.07, 6.45) is -4.96. The van der Waals surface area contributed by atoms with Crippen molar-refractivity contribution in [3.05, 3.63) is 35.1 Å². The molecule has 0 bridgehead atoms. The third kappa shape index (κ3) is 8.46. The predicted molar refractivity (Wildman–Crippen MR) is 141 cm³/mol. The molecule has 0 spiro atoms. The number of halogens is 5. The zero-order valence-electron chi connectivity index (χ0n) is 20.9. The number of carbonyl (C=O) groups is 2. The third-order valence-corrected chi connectivity index (χ3v) is 7.89. The predicted octanol–water partition coefficient (Wildman–Crippen LogP) is 2.38. The van der Waals surface area contributed by atoms with Gasteiger partial charge in [-0.3, -0.25) is 9.59 Å². The van der Waals surface area contributed by atoms with Gasteiger partial charge < -0.3 is 15.0 Å². The molecule has 1 N–H and O–H groups in total. The van der Waals surface area contributed by atoms with Crippen molar-refractivity contribution < 1.29 is 41.7 Å². The van der Waals surface area contributed by atoms with Crippen molar-refractivity contribution >= 4 is 46.5 Å². The number of rotatable bonds is 7. The van der Waals surface area contributed by atoms with E-state index in [-0.39, 0.29) is 75.6 Å². The van der Waals surface area contributed by atoms with Crippen molar-refractivity contribution in [3.63, 3.8) is 0 Å². The Morgan fingerprint density at radius 1 is 1.34 bits per heavy atom. The average molecular weight is 681 g/mol. The number of hydrogen-bond acceptors (Lipinski definition) is 6. The standard InChI is InChI=1S/C12H20N4O4S.C10H9F4NO.HI.H2/c1-3-14(2)12(17)11-9-15(4-5-20-11)21(18,19)16-7-10(6-13)8-16;1-6(15-5-16)8-3-2-7(4-9(8)11)10(12,13)14;;/h10-11H,3-5,7-9H2,1-2H3;2-6H,1H3,(H,15,16);2*1H/t11-;6-;;/m01../s1. The molecule has 2 atom stereocenters. The second-order valence-corrected chi connectivity index (χ2v) is 10.4. The molecule has 1 aromatic carbocycles. The van der Waals surface area contributed by atoms with Crippen molar-refractivity contribution in [2.75, 3.05) is 46.4 Å². The molecule has 2 aliphatic rings. The molecule has 2 aliphatic heterocycles. The highest BCUT2D eigenvalue weighted by atomic mass is 127. The minimum atomic E-state index is -4.57. The molecule has 2 heterocycles. The molecule has 16 heteroatoms. The summed E-state index contributed by atoms with van der Waals surface area (Å²) >= 11 is 0. The number of nitriles is 1. The molecule has 0 unspecified atom stereocenters. The molecule has 3 rings (SSSR count). The van der Waals surface area contributed by atoms with Gasteiger partial charge in [-0.2, -0.15) is 35.5 Å². The van der Waals surface area contributed by atoms with Crippen molar-refractivity contribution in [2.24, 2.45) is 5.92 Å². The Kier molecular flexibility index (Phi) is 12.8. The molecule has 2 amide bonds. The summed E-state index contributed by atoms with van der Waals surface area (Å²) in [6.45, 7) is 4.77. The van der Waals surface area contributed by atoms with E-state index in [0.717, 1.165) is 12.1 Å². The van der Waals surface area contributed by atoms with Crippen LogP contribution >= 0.6 is 24.0 Å². The van der Waals surface area contributed by atoms with Crippen LogP contribution in [-0.2, 0) is 30.7 Å². The summed E-state index contributed by atoms with van der Waals surface area (Å²) in [5.74, 6) is -1.43. The van der Waals surface area contributed by atoms with E-state index >= 15 is 0 Å². The summed E-state index contributed by atoms with van der Waals surface area (Å²) in [5, 5.41) is 11.0. The van der Waals surface area contributed by atoms with Crippen LogP contribution in [0.4, 0.5) is 17.6 Å². The van der Waals surface area contributed by atoms with Crippen LogP contribution in [0.2, 0.25) is 0 Å². The number of likely N-dealkylation sites (N-methyl/N-ethyl adjacent to an activating group) is 1. The van der Waals surface area contributed by atoms with Gasteiger partial charge in [-0.15, -0.1) is 24.0 Å². The molecular weight excluding hydrogens is 649 g/mol. The van der Waals surface area contributed by atoms with Gasteiger partial charge in [-0.25, -0.2) is 4.39 Å². The van der Waals surface area contributed by atoms with Gasteiger partial charge in [0.15, 0.2) is 0 Å². The molecule has 38 heavy (non-hydrogen) atoms. The van der Waals surface area contributed by atoms with Crippen LogP contribution in [0.1, 0.15) is 32.4 Å². The quantitative estimate of drug-likeness (QED) is 0.268. The van der Waals surface area contributed by atoms with Crippen molar-refractivity contribution in [1.82, 2.24) is 18.8 Å². The van der Waals surface area contributed by atoms with Crippen LogP contribution in [0.15, 0.2) is 18.2 Å². The molecule has 216 valence electrons. The first-order valence-corrected chi connectivity index (χ1v) is 12.7. The SMILES string of the molecule is CCN(C)C(=O)[C@@H]1CN(S(=O)(=O)N2CC(C#N)C2)CCO1.C[C@@H](NC=O)c1ccc(C(F)(F)F)cc1F.I.[HH]. The summed E-state index contributed by atoms with van der Waals surface area (Å²) in [6, 6.07) is 3.59. The van der Waals surface area contributed by atoms with Crippen LogP contribution < -0.4 is 5.32 Å². The molecular formula is C22H32F4IN5O5S. The number of morpholine rings is 1. The molecule has 0 radical (unpaired) electrons. The first-order valence-electron chi connectivity index (χ1n) is 11.3. The second-order valence-electron chi connectivity index (χ2n) is 8.46. The molecule has 2 saturated heterocycles. The number of ether oxygens (including phenoxy) is 1. The van der Waals surface area contributed by atoms with Crippen LogP contribution in [0.3, 0.4) is 0 Å². The molecule has 1 aromatic rings. The largest absolute Gasteiger partial charge is 0.416 e. The number of alkyl halides is 3. The van der Waals surface area contributed by atoms with Gasteiger partial charge in [0, 0.05) is 40.2 Å². The summed E-state index contributed by atoms with van der Waals surface area (Å²) in [7, 11) is -1.94. The lowest BCUT2D eigenvalue weighted by atomic mass is 10.1. The Morgan fingerprint density at radius 2 is 1.97 bits per heavy atom. The van der Waals surface area contributed by atoms with Crippen molar-refractivity contribution in [3.8, 4) is 6.07 Å². The first-order chi connectivity index (χ1) is 17.3. The number of nitrogens with zero attached hydrogens (tertiary/aromatic N) is 4. The van der Waals surface area contributed by atoms with Gasteiger partial charge in [0.25, 0.3) is 16.1 Å². The zero-order valence-corrected chi connectivity index (χ0v) is 24.1. The maximum atomic E-state index is 13.3. The smallest absolute Gasteiger partial charge is 0.366 e. The summed E-state index contributed by atoms with van der Waals surface area (Å²) < 4.78 is 82.7. The molecule has 0 saturated carbocycles. The van der Waals surface area contributed by atoms with Crippen LogP contribution in [0.25, 0.3) is 0 Å². The van der Waals surface area contributed by atoms with Gasteiger partial charge in [0.05, 0.1) is 36.7 Å². The second kappa shape index (κ2) is 14.4. The highest BCUT2D eigenvalue weighted by molar-refractivity contribution is 14.0. The average Bonchev–Trinajstić information content (AvgIpc) is 2.82. The minimum Gasteiger partial charge on any atom is -0.366 e. The van der Waals surface area contributed by atoms with E-state index in [4.69, 9.17) is 10.00 Å². The molecule has 2 fully saturated rings.